The van der Waals surface area contributed by atoms with Crippen LogP contribution < -0.4 is 5.32 Å². The van der Waals surface area contributed by atoms with E-state index in [0.717, 1.165) is 12.1 Å². The Morgan fingerprint density at radius 2 is 1.77 bits per heavy atom. The SMILES string of the molecule is Cc1cc(C(=O)Nc2cc(C)nn2-c2cccc(C(F)(F)F)c2)c2c(C)nn(C)c2n1. The third kappa shape index (κ3) is 3.76. The number of carbonyl (C=O) groups excluding carboxylic acids is 1. The number of nitrogens with one attached hydrogen (secondary N) is 1. The van der Waals surface area contributed by atoms with Crippen LogP contribution >= 0.6 is 0 Å². The van der Waals surface area contributed by atoms with Crippen molar-refractivity contribution in [3.8, 4) is 5.69 Å². The summed E-state index contributed by atoms with van der Waals surface area (Å²) in [4.78, 5) is 17.6. The van der Waals surface area contributed by atoms with Crippen LogP contribution in [0.15, 0.2) is 36.4 Å². The van der Waals surface area contributed by atoms with E-state index in [1.807, 2.05) is 0 Å². The van der Waals surface area contributed by atoms with E-state index in [0.29, 0.717) is 33.7 Å². The van der Waals surface area contributed by atoms with Gasteiger partial charge in [-0.2, -0.15) is 23.4 Å². The topological polar surface area (TPSA) is 77.6 Å². The summed E-state index contributed by atoms with van der Waals surface area (Å²) in [6, 6.07) is 8.03. The van der Waals surface area contributed by atoms with Crippen molar-refractivity contribution in [2.24, 2.45) is 7.05 Å². The molecule has 0 fully saturated rings. The number of hydrogen-bond acceptors (Lipinski definition) is 4. The normalized spacial score (nSPS) is 11.8. The van der Waals surface area contributed by atoms with Crippen molar-refractivity contribution in [1.82, 2.24) is 24.5 Å². The number of amides is 1. The van der Waals surface area contributed by atoms with E-state index in [2.05, 4.69) is 20.5 Å². The Hall–Kier alpha value is -3.69. The molecular formula is C21H19F3N6O. The molecule has 4 rings (SSSR count). The predicted molar refractivity (Wildman–Crippen MR) is 109 cm³/mol. The number of halogens is 3. The lowest BCUT2D eigenvalue weighted by atomic mass is 10.1. The summed E-state index contributed by atoms with van der Waals surface area (Å²) in [5.41, 5.74) is 2.18. The number of nitrogens with zero attached hydrogens (tertiary/aromatic N) is 5. The van der Waals surface area contributed by atoms with Crippen LogP contribution in [0.3, 0.4) is 0 Å². The van der Waals surface area contributed by atoms with E-state index in [1.165, 1.54) is 16.8 Å². The zero-order valence-corrected chi connectivity index (χ0v) is 17.2. The van der Waals surface area contributed by atoms with E-state index in [9.17, 15) is 18.0 Å². The molecule has 10 heteroatoms. The minimum absolute atomic E-state index is 0.187. The summed E-state index contributed by atoms with van der Waals surface area (Å²) >= 11 is 0. The number of benzene rings is 1. The Balaban J connectivity index is 1.76. The van der Waals surface area contributed by atoms with E-state index in [-0.39, 0.29) is 11.5 Å². The van der Waals surface area contributed by atoms with Gasteiger partial charge in [-0.3, -0.25) is 9.48 Å². The number of alkyl halides is 3. The molecule has 4 aromatic rings. The Morgan fingerprint density at radius 3 is 2.48 bits per heavy atom. The Bertz CT molecular complexity index is 1320. The summed E-state index contributed by atoms with van der Waals surface area (Å²) in [5.74, 6) is -0.175. The van der Waals surface area contributed by atoms with Crippen LogP contribution in [0.25, 0.3) is 16.7 Å². The maximum Gasteiger partial charge on any atom is 0.416 e. The average molecular weight is 428 g/mol. The molecule has 3 aromatic heterocycles. The number of pyridine rings is 1. The lowest BCUT2D eigenvalue weighted by Crippen LogP contribution is -2.16. The molecule has 0 radical (unpaired) electrons. The number of anilines is 1. The van der Waals surface area contributed by atoms with Crippen LogP contribution in [-0.4, -0.2) is 30.5 Å². The number of fused-ring (bicyclic) bond motifs is 1. The van der Waals surface area contributed by atoms with Crippen LogP contribution in [0.4, 0.5) is 19.0 Å². The summed E-state index contributed by atoms with van der Waals surface area (Å²) in [7, 11) is 1.75. The lowest BCUT2D eigenvalue weighted by Gasteiger charge is -2.12. The number of carbonyl (C=O) groups is 1. The third-order valence-corrected chi connectivity index (χ3v) is 4.83. The van der Waals surface area contributed by atoms with Crippen molar-refractivity contribution in [1.29, 1.82) is 0 Å². The van der Waals surface area contributed by atoms with Crippen LogP contribution in [0.5, 0.6) is 0 Å². The van der Waals surface area contributed by atoms with Crippen LogP contribution in [0, 0.1) is 20.8 Å². The Labute approximate surface area is 175 Å². The maximum absolute atomic E-state index is 13.2. The van der Waals surface area contributed by atoms with Gasteiger partial charge in [0.15, 0.2) is 5.65 Å². The summed E-state index contributed by atoms with van der Waals surface area (Å²) in [6.07, 6.45) is -4.49. The first-order valence-corrected chi connectivity index (χ1v) is 9.41. The molecule has 1 aromatic carbocycles. The predicted octanol–water partition coefficient (Wildman–Crippen LogP) is 4.35. The largest absolute Gasteiger partial charge is 0.416 e. The zero-order valence-electron chi connectivity index (χ0n) is 17.2. The molecule has 31 heavy (non-hydrogen) atoms. The molecule has 0 aliphatic heterocycles. The molecule has 0 aliphatic carbocycles. The molecule has 3 heterocycles. The van der Waals surface area contributed by atoms with Crippen molar-refractivity contribution in [3.05, 3.63) is 64.6 Å². The Kier molecular flexibility index (Phi) is 4.79. The standard InChI is InChI=1S/C21H19F3N6O/c1-11-8-16(18-13(3)28-29(4)19(18)25-11)20(31)26-17-9-12(2)27-30(17)15-7-5-6-14(10-15)21(22,23)24/h5-10H,1-4H3,(H,26,31). The van der Waals surface area contributed by atoms with E-state index >= 15 is 0 Å². The molecular weight excluding hydrogens is 409 g/mol. The van der Waals surface area contributed by atoms with Gasteiger partial charge in [0, 0.05) is 18.8 Å². The van der Waals surface area contributed by atoms with Gasteiger partial charge < -0.3 is 5.32 Å². The highest BCUT2D eigenvalue weighted by Crippen LogP contribution is 2.31. The third-order valence-electron chi connectivity index (χ3n) is 4.83. The smallest absolute Gasteiger partial charge is 0.306 e. The van der Waals surface area contributed by atoms with Gasteiger partial charge in [0.1, 0.15) is 5.82 Å². The van der Waals surface area contributed by atoms with Gasteiger partial charge in [-0.05, 0) is 45.0 Å². The van der Waals surface area contributed by atoms with Crippen LogP contribution in [0.2, 0.25) is 0 Å². The van der Waals surface area contributed by atoms with E-state index in [1.54, 1.807) is 44.6 Å². The highest BCUT2D eigenvalue weighted by atomic mass is 19.4. The molecule has 0 spiro atoms. The average Bonchev–Trinajstić information content (AvgIpc) is 3.19. The van der Waals surface area contributed by atoms with Gasteiger partial charge in [-0.15, -0.1) is 0 Å². The molecule has 0 bridgehead atoms. The number of rotatable bonds is 3. The molecule has 0 atom stereocenters. The van der Waals surface area contributed by atoms with Crippen molar-refractivity contribution in [3.63, 3.8) is 0 Å². The van der Waals surface area contributed by atoms with Gasteiger partial charge in [0.25, 0.3) is 5.91 Å². The second-order valence-electron chi connectivity index (χ2n) is 7.30. The van der Waals surface area contributed by atoms with Crippen LogP contribution in [-0.2, 0) is 13.2 Å². The molecule has 0 unspecified atom stereocenters. The zero-order chi connectivity index (χ0) is 22.5. The molecule has 0 aliphatic rings. The van der Waals surface area contributed by atoms with Gasteiger partial charge in [0.2, 0.25) is 0 Å². The van der Waals surface area contributed by atoms with Gasteiger partial charge in [0.05, 0.1) is 33.6 Å². The van der Waals surface area contributed by atoms with Gasteiger partial charge in [-0.1, -0.05) is 6.07 Å². The van der Waals surface area contributed by atoms with E-state index in [4.69, 9.17) is 0 Å². The van der Waals surface area contributed by atoms with Crippen LogP contribution in [0.1, 0.15) is 33.0 Å². The molecule has 1 amide bonds. The summed E-state index contributed by atoms with van der Waals surface area (Å²) < 4.78 is 42.3. The fraction of sp³-hybridized carbons (Fsp3) is 0.238. The minimum Gasteiger partial charge on any atom is -0.306 e. The first kappa shape index (κ1) is 20.6. The highest BCUT2D eigenvalue weighted by molar-refractivity contribution is 6.12. The summed E-state index contributed by atoms with van der Waals surface area (Å²) in [6.45, 7) is 5.25. The quantitative estimate of drug-likeness (QED) is 0.526. The summed E-state index contributed by atoms with van der Waals surface area (Å²) in [5, 5.41) is 12.0. The molecule has 160 valence electrons. The first-order chi connectivity index (χ1) is 14.5. The molecule has 7 nitrogen and oxygen atoms in total. The lowest BCUT2D eigenvalue weighted by molar-refractivity contribution is -0.137. The van der Waals surface area contributed by atoms with Crippen molar-refractivity contribution in [2.45, 2.75) is 26.9 Å². The number of hydrogen-bond donors (Lipinski definition) is 1. The first-order valence-electron chi connectivity index (χ1n) is 9.41. The molecule has 0 saturated carbocycles. The Morgan fingerprint density at radius 1 is 1.03 bits per heavy atom. The fourth-order valence-corrected chi connectivity index (χ4v) is 3.53. The minimum atomic E-state index is -4.49. The van der Waals surface area contributed by atoms with Crippen molar-refractivity contribution in [2.75, 3.05) is 5.32 Å². The maximum atomic E-state index is 13.2. The van der Waals surface area contributed by atoms with E-state index < -0.39 is 17.6 Å². The second-order valence-corrected chi connectivity index (χ2v) is 7.30. The number of aromatic nitrogens is 5. The monoisotopic (exact) mass is 428 g/mol. The number of aryl methyl sites for hydroxylation is 4. The fourth-order valence-electron chi connectivity index (χ4n) is 3.53. The van der Waals surface area contributed by atoms with Crippen molar-refractivity contribution >= 4 is 22.8 Å². The van der Waals surface area contributed by atoms with Gasteiger partial charge >= 0.3 is 6.18 Å². The molecule has 1 N–H and O–H groups in total. The van der Waals surface area contributed by atoms with Crippen molar-refractivity contribution < 1.29 is 18.0 Å². The molecule has 0 saturated heterocycles. The second kappa shape index (κ2) is 7.22. The van der Waals surface area contributed by atoms with Gasteiger partial charge in [-0.25, -0.2) is 9.67 Å². The highest BCUT2D eigenvalue weighted by Gasteiger charge is 2.31.